The summed E-state index contributed by atoms with van der Waals surface area (Å²) < 4.78 is 19.3. The molecule has 0 radical (unpaired) electrons. The molecular formula is C18H22FN3O. The summed E-state index contributed by atoms with van der Waals surface area (Å²) in [5, 5.41) is 7.71. The second-order valence-electron chi connectivity index (χ2n) is 7.07. The Morgan fingerprint density at radius 1 is 1.35 bits per heavy atom. The first-order chi connectivity index (χ1) is 11.1. The number of halogens is 1. The van der Waals surface area contributed by atoms with E-state index in [9.17, 15) is 4.39 Å². The summed E-state index contributed by atoms with van der Waals surface area (Å²) in [4.78, 5) is 4.72. The maximum absolute atomic E-state index is 13.7. The summed E-state index contributed by atoms with van der Waals surface area (Å²) in [7, 11) is 0. The first-order valence-electron chi connectivity index (χ1n) is 8.42. The number of aryl methyl sites for hydroxylation is 1. The van der Waals surface area contributed by atoms with E-state index in [1.165, 1.54) is 6.07 Å². The van der Waals surface area contributed by atoms with E-state index in [-0.39, 0.29) is 11.2 Å². The highest BCUT2D eigenvalue weighted by Crippen LogP contribution is 2.53. The van der Waals surface area contributed by atoms with Gasteiger partial charge in [0.25, 0.3) is 0 Å². The fourth-order valence-electron chi connectivity index (χ4n) is 3.80. The number of piperidine rings is 1. The first-order valence-corrected chi connectivity index (χ1v) is 8.42. The molecule has 1 saturated heterocycles. The molecule has 2 aliphatic rings. The number of hydrogen-bond donors (Lipinski definition) is 1. The third-order valence-electron chi connectivity index (χ3n) is 5.31. The van der Waals surface area contributed by atoms with Gasteiger partial charge >= 0.3 is 0 Å². The van der Waals surface area contributed by atoms with Gasteiger partial charge in [-0.15, -0.1) is 0 Å². The topological polar surface area (TPSA) is 51.0 Å². The number of hydrogen-bond acceptors (Lipinski definition) is 4. The molecule has 0 unspecified atom stereocenters. The second-order valence-corrected chi connectivity index (χ2v) is 7.07. The molecule has 4 rings (SSSR count). The number of nitrogens with zero attached hydrogens (tertiary/aromatic N) is 2. The number of aromatic nitrogens is 2. The molecule has 5 heteroatoms. The fraction of sp³-hybridized carbons (Fsp3) is 0.556. The van der Waals surface area contributed by atoms with Gasteiger partial charge in [-0.1, -0.05) is 11.2 Å². The lowest BCUT2D eigenvalue weighted by molar-refractivity contribution is 0.294. The highest BCUT2D eigenvalue weighted by Gasteiger charge is 2.51. The molecule has 0 spiro atoms. The maximum atomic E-state index is 13.7. The molecule has 2 aromatic rings. The summed E-state index contributed by atoms with van der Waals surface area (Å²) in [6.07, 6.45) is 3.96. The fourth-order valence-corrected chi connectivity index (χ4v) is 3.80. The quantitative estimate of drug-likeness (QED) is 0.942. The minimum Gasteiger partial charge on any atom is -0.339 e. The molecule has 2 atom stereocenters. The van der Waals surface area contributed by atoms with Crippen LogP contribution in [0.25, 0.3) is 0 Å². The zero-order chi connectivity index (χ0) is 16.0. The zero-order valence-electron chi connectivity index (χ0n) is 13.6. The van der Waals surface area contributed by atoms with Crippen molar-refractivity contribution in [2.45, 2.75) is 56.9 Å². The maximum Gasteiger partial charge on any atom is 0.229 e. The Kier molecular flexibility index (Phi) is 3.48. The molecule has 2 heterocycles. The Labute approximate surface area is 135 Å². The van der Waals surface area contributed by atoms with E-state index in [1.54, 1.807) is 6.07 Å². The standard InChI is InChI=1S/C18H22FN3O/c1-11-3-4-14(19)10-15(11)18(6-7-18)17-21-16(23-22-17)13-5-8-20-12(2)9-13/h3-4,10,12-13,20H,5-9H2,1-2H3/t12-,13-/m1/s1. The van der Waals surface area contributed by atoms with E-state index < -0.39 is 0 Å². The van der Waals surface area contributed by atoms with Crippen LogP contribution in [0.5, 0.6) is 0 Å². The van der Waals surface area contributed by atoms with Crippen LogP contribution in [0.3, 0.4) is 0 Å². The van der Waals surface area contributed by atoms with Gasteiger partial charge in [0.05, 0.1) is 5.41 Å². The molecule has 1 N–H and O–H groups in total. The molecule has 1 aliphatic heterocycles. The van der Waals surface area contributed by atoms with Gasteiger partial charge in [-0.3, -0.25) is 0 Å². The van der Waals surface area contributed by atoms with Crippen LogP contribution in [0.4, 0.5) is 4.39 Å². The SMILES string of the molecule is Cc1ccc(F)cc1C1(c2noc([C@@H]3CCN[C@H](C)C3)n2)CC1. The van der Waals surface area contributed by atoms with E-state index in [4.69, 9.17) is 9.51 Å². The van der Waals surface area contributed by atoms with Gasteiger partial charge in [0, 0.05) is 12.0 Å². The number of rotatable bonds is 3. The van der Waals surface area contributed by atoms with E-state index in [0.29, 0.717) is 12.0 Å². The van der Waals surface area contributed by atoms with Crippen molar-refractivity contribution in [3.8, 4) is 0 Å². The molecular weight excluding hydrogens is 293 g/mol. The van der Waals surface area contributed by atoms with Crippen molar-refractivity contribution < 1.29 is 8.91 Å². The van der Waals surface area contributed by atoms with Crippen molar-refractivity contribution in [2.24, 2.45) is 0 Å². The van der Waals surface area contributed by atoms with Crippen LogP contribution in [0.15, 0.2) is 22.7 Å². The van der Waals surface area contributed by atoms with Gasteiger partial charge in [0.15, 0.2) is 5.82 Å². The monoisotopic (exact) mass is 315 g/mol. The first kappa shape index (κ1) is 14.8. The van der Waals surface area contributed by atoms with Gasteiger partial charge in [-0.2, -0.15) is 4.98 Å². The Morgan fingerprint density at radius 3 is 2.91 bits per heavy atom. The smallest absolute Gasteiger partial charge is 0.229 e. The lowest BCUT2D eigenvalue weighted by Gasteiger charge is -2.25. The number of nitrogens with one attached hydrogen (secondary N) is 1. The van der Waals surface area contributed by atoms with Gasteiger partial charge in [-0.05, 0) is 69.3 Å². The normalized spacial score (nSPS) is 26.2. The third-order valence-corrected chi connectivity index (χ3v) is 5.31. The lowest BCUT2D eigenvalue weighted by Crippen LogP contribution is -2.35. The molecule has 122 valence electrons. The van der Waals surface area contributed by atoms with Crippen LogP contribution in [-0.2, 0) is 5.41 Å². The predicted molar refractivity (Wildman–Crippen MR) is 84.9 cm³/mol. The van der Waals surface area contributed by atoms with Crippen LogP contribution in [0.2, 0.25) is 0 Å². The second kappa shape index (κ2) is 5.41. The van der Waals surface area contributed by atoms with E-state index in [0.717, 1.165) is 55.1 Å². The summed E-state index contributed by atoms with van der Waals surface area (Å²) in [6, 6.07) is 5.45. The average molecular weight is 315 g/mol. The Hall–Kier alpha value is -1.75. The predicted octanol–water partition coefficient (Wildman–Crippen LogP) is 3.45. The highest BCUT2D eigenvalue weighted by molar-refractivity contribution is 5.44. The van der Waals surface area contributed by atoms with Crippen LogP contribution in [-0.4, -0.2) is 22.7 Å². The van der Waals surface area contributed by atoms with E-state index in [1.807, 2.05) is 13.0 Å². The molecule has 2 fully saturated rings. The van der Waals surface area contributed by atoms with Crippen molar-refractivity contribution in [1.29, 1.82) is 0 Å². The van der Waals surface area contributed by atoms with Crippen LogP contribution >= 0.6 is 0 Å². The Balaban J connectivity index is 1.65. The molecule has 0 bridgehead atoms. The van der Waals surface area contributed by atoms with Crippen LogP contribution < -0.4 is 5.32 Å². The molecule has 4 nitrogen and oxygen atoms in total. The highest BCUT2D eigenvalue weighted by atomic mass is 19.1. The van der Waals surface area contributed by atoms with E-state index in [2.05, 4.69) is 17.4 Å². The van der Waals surface area contributed by atoms with Crippen LogP contribution in [0.1, 0.15) is 61.4 Å². The zero-order valence-corrected chi connectivity index (χ0v) is 13.6. The van der Waals surface area contributed by atoms with Crippen LogP contribution in [0, 0.1) is 12.7 Å². The van der Waals surface area contributed by atoms with Gasteiger partial charge in [0.2, 0.25) is 5.89 Å². The Morgan fingerprint density at radius 2 is 2.17 bits per heavy atom. The molecule has 0 amide bonds. The van der Waals surface area contributed by atoms with Crippen molar-refractivity contribution >= 4 is 0 Å². The third kappa shape index (κ3) is 2.57. The van der Waals surface area contributed by atoms with Crippen molar-refractivity contribution in [2.75, 3.05) is 6.54 Å². The molecule has 1 aromatic carbocycles. The number of benzene rings is 1. The molecule has 1 aromatic heterocycles. The van der Waals surface area contributed by atoms with Gasteiger partial charge in [-0.25, -0.2) is 4.39 Å². The summed E-state index contributed by atoms with van der Waals surface area (Å²) in [6.45, 7) is 5.18. The summed E-state index contributed by atoms with van der Waals surface area (Å²) >= 11 is 0. The largest absolute Gasteiger partial charge is 0.339 e. The van der Waals surface area contributed by atoms with Crippen molar-refractivity contribution in [1.82, 2.24) is 15.5 Å². The molecule has 23 heavy (non-hydrogen) atoms. The van der Waals surface area contributed by atoms with Crippen molar-refractivity contribution in [3.63, 3.8) is 0 Å². The lowest BCUT2D eigenvalue weighted by atomic mass is 9.90. The summed E-state index contributed by atoms with van der Waals surface area (Å²) in [5.74, 6) is 1.60. The summed E-state index contributed by atoms with van der Waals surface area (Å²) in [5.41, 5.74) is 1.85. The van der Waals surface area contributed by atoms with Gasteiger partial charge < -0.3 is 9.84 Å². The minimum atomic E-state index is -0.244. The average Bonchev–Trinajstić information content (AvgIpc) is 3.19. The van der Waals surface area contributed by atoms with Gasteiger partial charge in [0.1, 0.15) is 5.82 Å². The molecule has 1 aliphatic carbocycles. The minimum absolute atomic E-state index is 0.201. The van der Waals surface area contributed by atoms with Crippen molar-refractivity contribution in [3.05, 3.63) is 46.9 Å². The van der Waals surface area contributed by atoms with E-state index >= 15 is 0 Å². The Bertz CT molecular complexity index is 723. The molecule has 1 saturated carbocycles.